The van der Waals surface area contributed by atoms with Gasteiger partial charge in [0.05, 0.1) is 5.92 Å². The number of likely N-dealkylation sites (tertiary alicyclic amines) is 1. The monoisotopic (exact) mass is 379 g/mol. The van der Waals surface area contributed by atoms with E-state index in [1.54, 1.807) is 4.90 Å². The molecule has 146 valence electrons. The number of carbonyl (C=O) groups excluding carboxylic acids is 1. The summed E-state index contributed by atoms with van der Waals surface area (Å²) < 4.78 is 5.73. The van der Waals surface area contributed by atoms with E-state index in [0.717, 1.165) is 6.42 Å². The normalized spacial score (nSPS) is 21.1. The first-order chi connectivity index (χ1) is 13.6. The highest BCUT2D eigenvalue weighted by Crippen LogP contribution is 2.44. The summed E-state index contributed by atoms with van der Waals surface area (Å²) in [6, 6.07) is 16.5. The van der Waals surface area contributed by atoms with Crippen LogP contribution in [0.1, 0.15) is 43.2 Å². The molecule has 0 radical (unpaired) electrons. The Kier molecular flexibility index (Phi) is 5.07. The Morgan fingerprint density at radius 3 is 2.21 bits per heavy atom. The number of rotatable bonds is 4. The topological polar surface area (TPSA) is 66.8 Å². The van der Waals surface area contributed by atoms with E-state index in [-0.39, 0.29) is 25.1 Å². The van der Waals surface area contributed by atoms with Gasteiger partial charge in [-0.05, 0) is 41.5 Å². The average molecular weight is 379 g/mol. The summed E-state index contributed by atoms with van der Waals surface area (Å²) in [5.74, 6) is -1.34. The van der Waals surface area contributed by atoms with Crippen LogP contribution in [0.2, 0.25) is 0 Å². The molecule has 1 N–H and O–H groups in total. The Bertz CT molecular complexity index is 848. The quantitative estimate of drug-likeness (QED) is 0.849. The van der Waals surface area contributed by atoms with E-state index in [2.05, 4.69) is 24.3 Å². The van der Waals surface area contributed by atoms with Crippen molar-refractivity contribution >= 4 is 12.1 Å². The number of aliphatic carboxylic acids is 1. The van der Waals surface area contributed by atoms with Gasteiger partial charge in [0.1, 0.15) is 6.61 Å². The predicted molar refractivity (Wildman–Crippen MR) is 106 cm³/mol. The van der Waals surface area contributed by atoms with Crippen LogP contribution in [0, 0.1) is 5.92 Å². The Hall–Kier alpha value is -2.82. The maximum absolute atomic E-state index is 12.8. The van der Waals surface area contributed by atoms with Gasteiger partial charge in [-0.2, -0.15) is 0 Å². The van der Waals surface area contributed by atoms with Gasteiger partial charge in [-0.15, -0.1) is 0 Å². The maximum atomic E-state index is 12.8. The summed E-state index contributed by atoms with van der Waals surface area (Å²) in [7, 11) is 0. The standard InChI is InChI=1S/C23H25NO4/c1-2-16-12-11-15(22(25)26)13-24(16)23(27)28-14-21-19-9-5-3-7-17(19)18-8-4-6-10-20(18)21/h3-10,15-16,21H,2,11-14H2,1H3,(H,25,26). The van der Waals surface area contributed by atoms with Gasteiger partial charge in [-0.25, -0.2) is 4.79 Å². The lowest BCUT2D eigenvalue weighted by Crippen LogP contribution is -2.48. The summed E-state index contributed by atoms with van der Waals surface area (Å²) >= 11 is 0. The van der Waals surface area contributed by atoms with E-state index < -0.39 is 18.0 Å². The number of piperidine rings is 1. The van der Waals surface area contributed by atoms with Crippen LogP contribution in [0.15, 0.2) is 48.5 Å². The summed E-state index contributed by atoms with van der Waals surface area (Å²) in [6.07, 6.45) is 1.72. The van der Waals surface area contributed by atoms with Crippen molar-refractivity contribution < 1.29 is 19.4 Å². The lowest BCUT2D eigenvalue weighted by Gasteiger charge is -2.37. The van der Waals surface area contributed by atoms with Crippen LogP contribution >= 0.6 is 0 Å². The lowest BCUT2D eigenvalue weighted by atomic mass is 9.92. The third-order valence-corrected chi connectivity index (χ3v) is 6.10. The maximum Gasteiger partial charge on any atom is 0.410 e. The Morgan fingerprint density at radius 2 is 1.64 bits per heavy atom. The number of nitrogens with zero attached hydrogens (tertiary/aromatic N) is 1. The zero-order chi connectivity index (χ0) is 19.7. The number of fused-ring (bicyclic) bond motifs is 3. The second-order valence-corrected chi connectivity index (χ2v) is 7.63. The zero-order valence-electron chi connectivity index (χ0n) is 16.0. The molecule has 28 heavy (non-hydrogen) atoms. The van der Waals surface area contributed by atoms with Crippen molar-refractivity contribution in [2.45, 2.75) is 38.1 Å². The summed E-state index contributed by atoms with van der Waals surface area (Å²) in [4.78, 5) is 25.8. The number of carboxylic acid groups (broad SMARTS) is 1. The number of carboxylic acids is 1. The molecule has 1 amide bonds. The smallest absolute Gasteiger partial charge is 0.410 e. The number of ether oxygens (including phenoxy) is 1. The molecule has 1 saturated heterocycles. The van der Waals surface area contributed by atoms with E-state index in [9.17, 15) is 14.7 Å². The van der Waals surface area contributed by atoms with Gasteiger partial charge in [0.2, 0.25) is 0 Å². The number of hydrogen-bond acceptors (Lipinski definition) is 3. The largest absolute Gasteiger partial charge is 0.481 e. The molecule has 4 rings (SSSR count). The van der Waals surface area contributed by atoms with Crippen molar-refractivity contribution in [1.29, 1.82) is 0 Å². The molecule has 2 unspecified atom stereocenters. The Morgan fingerprint density at radius 1 is 1.04 bits per heavy atom. The SMILES string of the molecule is CCC1CCC(C(=O)O)CN1C(=O)OCC1c2ccccc2-c2ccccc21. The molecule has 1 fully saturated rings. The van der Waals surface area contributed by atoms with Gasteiger partial charge in [0.15, 0.2) is 0 Å². The van der Waals surface area contributed by atoms with Crippen molar-refractivity contribution in [2.75, 3.05) is 13.2 Å². The number of carbonyl (C=O) groups is 2. The minimum Gasteiger partial charge on any atom is -0.481 e. The van der Waals surface area contributed by atoms with Crippen molar-refractivity contribution in [3.63, 3.8) is 0 Å². The first-order valence-electron chi connectivity index (χ1n) is 9.94. The van der Waals surface area contributed by atoms with Crippen LogP contribution in [0.25, 0.3) is 11.1 Å². The molecule has 0 saturated carbocycles. The fraction of sp³-hybridized carbons (Fsp3) is 0.391. The third kappa shape index (κ3) is 3.26. The van der Waals surface area contributed by atoms with Gasteiger partial charge in [0, 0.05) is 18.5 Å². The van der Waals surface area contributed by atoms with E-state index in [1.165, 1.54) is 22.3 Å². The molecular weight excluding hydrogens is 354 g/mol. The van der Waals surface area contributed by atoms with Gasteiger partial charge in [0.25, 0.3) is 0 Å². The number of benzene rings is 2. The fourth-order valence-electron chi connectivity index (χ4n) is 4.55. The Labute approximate surface area is 164 Å². The molecule has 0 spiro atoms. The second kappa shape index (κ2) is 7.66. The molecule has 0 bridgehead atoms. The molecule has 5 heteroatoms. The molecule has 1 aliphatic heterocycles. The summed E-state index contributed by atoms with van der Waals surface area (Å²) in [6.45, 7) is 2.51. The van der Waals surface area contributed by atoms with Crippen LogP contribution in [0.5, 0.6) is 0 Å². The van der Waals surface area contributed by atoms with E-state index >= 15 is 0 Å². The highest BCUT2D eigenvalue weighted by atomic mass is 16.6. The predicted octanol–water partition coefficient (Wildman–Crippen LogP) is 4.51. The van der Waals surface area contributed by atoms with Crippen LogP contribution in [0.4, 0.5) is 4.79 Å². The molecule has 1 aliphatic carbocycles. The zero-order valence-corrected chi connectivity index (χ0v) is 16.0. The fourth-order valence-corrected chi connectivity index (χ4v) is 4.55. The van der Waals surface area contributed by atoms with Gasteiger partial charge < -0.3 is 14.7 Å². The molecule has 2 atom stereocenters. The van der Waals surface area contributed by atoms with Gasteiger partial charge in [-0.3, -0.25) is 4.79 Å². The molecule has 2 aliphatic rings. The number of amides is 1. The molecule has 1 heterocycles. The van der Waals surface area contributed by atoms with Crippen LogP contribution in [0.3, 0.4) is 0 Å². The van der Waals surface area contributed by atoms with E-state index in [0.29, 0.717) is 12.8 Å². The first kappa shape index (κ1) is 18.5. The molecule has 2 aromatic carbocycles. The average Bonchev–Trinajstić information content (AvgIpc) is 3.05. The van der Waals surface area contributed by atoms with Crippen LogP contribution in [-0.4, -0.2) is 41.3 Å². The van der Waals surface area contributed by atoms with E-state index in [1.807, 2.05) is 31.2 Å². The summed E-state index contributed by atoms with van der Waals surface area (Å²) in [5.41, 5.74) is 4.72. The van der Waals surface area contributed by atoms with Crippen molar-refractivity contribution in [3.05, 3.63) is 59.7 Å². The Balaban J connectivity index is 1.51. The van der Waals surface area contributed by atoms with E-state index in [4.69, 9.17) is 4.74 Å². The second-order valence-electron chi connectivity index (χ2n) is 7.63. The molecule has 0 aromatic heterocycles. The highest BCUT2D eigenvalue weighted by Gasteiger charge is 2.36. The molecule has 5 nitrogen and oxygen atoms in total. The van der Waals surface area contributed by atoms with Crippen molar-refractivity contribution in [3.8, 4) is 11.1 Å². The summed E-state index contributed by atoms with van der Waals surface area (Å²) in [5, 5.41) is 9.34. The molecular formula is C23H25NO4. The lowest BCUT2D eigenvalue weighted by molar-refractivity contribution is -0.143. The first-order valence-corrected chi connectivity index (χ1v) is 9.94. The minimum absolute atomic E-state index is 0.0106. The molecule has 2 aromatic rings. The van der Waals surface area contributed by atoms with Crippen LogP contribution < -0.4 is 0 Å². The van der Waals surface area contributed by atoms with Crippen LogP contribution in [-0.2, 0) is 9.53 Å². The van der Waals surface area contributed by atoms with Crippen molar-refractivity contribution in [1.82, 2.24) is 4.90 Å². The van der Waals surface area contributed by atoms with Gasteiger partial charge >= 0.3 is 12.1 Å². The number of hydrogen-bond donors (Lipinski definition) is 1. The van der Waals surface area contributed by atoms with Gasteiger partial charge in [-0.1, -0.05) is 55.5 Å². The van der Waals surface area contributed by atoms with Crippen molar-refractivity contribution in [2.24, 2.45) is 5.92 Å². The third-order valence-electron chi connectivity index (χ3n) is 6.10. The minimum atomic E-state index is -0.842. The highest BCUT2D eigenvalue weighted by molar-refractivity contribution is 5.79.